The number of ketones is 2. The number of aromatic carboxylic acids is 1. The van der Waals surface area contributed by atoms with Crippen LogP contribution < -0.4 is 5.73 Å². The van der Waals surface area contributed by atoms with Crippen LogP contribution in [-0.4, -0.2) is 153 Å². The number of carbonyl (C=O) groups is 5. The Morgan fingerprint density at radius 3 is 2.16 bits per heavy atom. The molecule has 0 unspecified atom stereocenters. The zero-order chi connectivity index (χ0) is 43.3. The number of carbonyl (C=O) groups excluding carboxylic acids is 4. The van der Waals surface area contributed by atoms with Crippen LogP contribution in [0, 0.1) is 11.8 Å². The molecule has 0 bridgehead atoms. The number of hydrogen-bond donors (Lipinski definition) is 12. The molecule has 1 fully saturated rings. The number of carboxylic acids is 1. The molecule has 3 aliphatic rings. The van der Waals surface area contributed by atoms with E-state index in [1.807, 2.05) is 6.07 Å². The lowest BCUT2D eigenvalue weighted by Crippen LogP contribution is -2.67. The Kier molecular flexibility index (Phi) is 15.0. The average molecular weight is 804 g/mol. The number of aromatic nitrogens is 1. The maximum absolute atomic E-state index is 13.7. The Morgan fingerprint density at radius 1 is 1.04 bits per heavy atom. The van der Waals surface area contributed by atoms with Gasteiger partial charge in [-0.2, -0.15) is 0 Å². The third kappa shape index (κ3) is 8.90. The maximum atomic E-state index is 13.7. The molecule has 19 nitrogen and oxygen atoms in total. The molecule has 312 valence electrons. The van der Waals surface area contributed by atoms with Crippen LogP contribution in [-0.2, 0) is 31.2 Å². The summed E-state index contributed by atoms with van der Waals surface area (Å²) in [5.74, 6) is -8.87. The second-order valence-corrected chi connectivity index (χ2v) is 14.3. The highest BCUT2D eigenvalue weighted by Crippen LogP contribution is 2.57. The zero-order valence-corrected chi connectivity index (χ0v) is 31.6. The molecular formula is C38H49N3O16. The van der Waals surface area contributed by atoms with Crippen LogP contribution in [0.4, 0.5) is 0 Å². The molecule has 1 saturated carbocycles. The molecule has 1 aromatic carbocycles. The van der Waals surface area contributed by atoms with Crippen molar-refractivity contribution in [3.8, 4) is 5.75 Å². The smallest absolute Gasteiger partial charge is 0.354 e. The first kappa shape index (κ1) is 46.3. The number of nitrogens with zero attached hydrogens (tertiary/aromatic N) is 2. The quantitative estimate of drug-likeness (QED) is 0.0896. The first-order valence-corrected chi connectivity index (χ1v) is 17.7. The van der Waals surface area contributed by atoms with Gasteiger partial charge in [0.25, 0.3) is 5.91 Å². The van der Waals surface area contributed by atoms with Crippen molar-refractivity contribution in [2.75, 3.05) is 20.7 Å². The Hall–Kier alpha value is -5.12. The topological polar surface area (TPSA) is 350 Å². The lowest BCUT2D eigenvalue weighted by Gasteiger charge is -2.53. The molecule has 2 aromatic rings. The van der Waals surface area contributed by atoms with E-state index in [9.17, 15) is 49.5 Å². The van der Waals surface area contributed by atoms with E-state index in [2.05, 4.69) is 11.9 Å². The van der Waals surface area contributed by atoms with Gasteiger partial charge in [0, 0.05) is 23.6 Å². The van der Waals surface area contributed by atoms with Gasteiger partial charge >= 0.3 is 5.97 Å². The van der Waals surface area contributed by atoms with Gasteiger partial charge in [-0.15, -0.1) is 0 Å². The highest BCUT2D eigenvalue weighted by Gasteiger charge is 2.66. The number of unbranched alkanes of at least 4 members (excludes halogenated alkanes) is 1. The maximum Gasteiger partial charge on any atom is 0.354 e. The molecular weight excluding hydrogens is 754 g/mol. The van der Waals surface area contributed by atoms with Gasteiger partial charge in [0.1, 0.15) is 53.0 Å². The molecule has 9 atom stereocenters. The van der Waals surface area contributed by atoms with Gasteiger partial charge in [-0.05, 0) is 63.5 Å². The van der Waals surface area contributed by atoms with Crippen LogP contribution in [0.25, 0.3) is 5.76 Å². The van der Waals surface area contributed by atoms with Crippen LogP contribution >= 0.6 is 0 Å². The summed E-state index contributed by atoms with van der Waals surface area (Å²) in [5, 5.41) is 107. The largest absolute Gasteiger partial charge is 0.508 e. The number of fused-ring (bicyclic) bond motifs is 3. The van der Waals surface area contributed by atoms with Crippen LogP contribution in [0.3, 0.4) is 0 Å². The summed E-state index contributed by atoms with van der Waals surface area (Å²) in [4.78, 5) is 64.2. The van der Waals surface area contributed by atoms with E-state index in [0.29, 0.717) is 0 Å². The highest BCUT2D eigenvalue weighted by atomic mass is 16.4. The Labute approximate surface area is 326 Å². The highest BCUT2D eigenvalue weighted by molar-refractivity contribution is 6.24. The number of aliphatic hydroxyl groups excluding tert-OH is 7. The molecule has 5 rings (SSSR count). The third-order valence-corrected chi connectivity index (χ3v) is 10.3. The van der Waals surface area contributed by atoms with Crippen LogP contribution in [0.5, 0.6) is 5.75 Å². The van der Waals surface area contributed by atoms with E-state index < -0.39 is 112 Å². The number of nitrogens with two attached hydrogens (primary N) is 1. The molecule has 19 heteroatoms. The molecule has 13 N–H and O–H groups in total. The molecule has 0 saturated heterocycles. The van der Waals surface area contributed by atoms with Crippen LogP contribution in [0.15, 0.2) is 53.4 Å². The van der Waals surface area contributed by atoms with Gasteiger partial charge in [-0.1, -0.05) is 31.5 Å². The van der Waals surface area contributed by atoms with Gasteiger partial charge in [0.05, 0.1) is 23.8 Å². The predicted octanol–water partition coefficient (Wildman–Crippen LogP) is -1.63. The SMILES string of the molecule is CCCCc1ccc(C(=O)O)nc1.CN(C)[C@@H]1C(=O)C(C(N)=O)=C(O)[C@@]2(O)C(=O)C3=C(O)c4c(O)cccc4[C@@](C)(O)[C@H]3C[C@@H]12.O=C[C@H](O)[C@@H](O)[C@@H](O)[C@H](O)CO. The number of aldehydes is 1. The van der Waals surface area contributed by atoms with Gasteiger partial charge in [-0.25, -0.2) is 9.78 Å². The summed E-state index contributed by atoms with van der Waals surface area (Å²) in [6, 6.07) is 6.39. The summed E-state index contributed by atoms with van der Waals surface area (Å²) in [5.41, 5.74) is 0.667. The fourth-order valence-corrected chi connectivity index (χ4v) is 7.20. The number of carboxylic acid groups (broad SMARTS) is 1. The lowest BCUT2D eigenvalue weighted by atomic mass is 9.54. The van der Waals surface area contributed by atoms with Crippen molar-refractivity contribution < 1.29 is 80.1 Å². The number of hydrogen-bond acceptors (Lipinski definition) is 17. The molecule has 0 aliphatic heterocycles. The minimum absolute atomic E-state index is 0.0258. The van der Waals surface area contributed by atoms with Crippen molar-refractivity contribution in [3.05, 3.63) is 75.8 Å². The number of phenolic OH excluding ortho intramolecular Hbond substituents is 1. The number of primary amides is 1. The van der Waals surface area contributed by atoms with Crippen LogP contribution in [0.2, 0.25) is 0 Å². The van der Waals surface area contributed by atoms with Crippen molar-refractivity contribution >= 4 is 35.5 Å². The van der Waals surface area contributed by atoms with E-state index in [-0.39, 0.29) is 29.5 Å². The summed E-state index contributed by atoms with van der Waals surface area (Å²) in [6.07, 6.45) is -2.17. The fraction of sp³-hybridized carbons (Fsp3) is 0.474. The standard InChI is InChI=1S/C22H24N2O8.C10H13NO2.C6H12O6/c1-21(31)8-5-4-6-11(25)12(8)16(26)13-9(21)7-10-15(24(2)3)17(27)14(20(23)30)19(29)22(10,32)18(13)28;1-2-3-4-8-5-6-9(10(12)13)11-7-8;7-1-3(9)5(11)6(12)4(10)2-8/h4-6,9-10,15,25-26,29,31-32H,7H2,1-3H3,(H2,23,30);5-7H,2-4H2,1H3,(H,12,13);1,3-6,8-12H,2H2/t9-,10-,15-,21+,22-;;3-,4+,5+,6-/m0.0/s1. The number of aliphatic hydroxyl groups is 9. The molecule has 1 amide bonds. The summed E-state index contributed by atoms with van der Waals surface area (Å²) in [6.45, 7) is 2.77. The minimum atomic E-state index is -2.75. The number of amides is 1. The number of pyridine rings is 1. The van der Waals surface area contributed by atoms with Gasteiger partial charge in [0.15, 0.2) is 17.7 Å². The second kappa shape index (κ2) is 18.4. The molecule has 0 spiro atoms. The zero-order valence-electron chi connectivity index (χ0n) is 31.6. The first-order valence-electron chi connectivity index (χ1n) is 17.7. The average Bonchev–Trinajstić information content (AvgIpc) is 3.16. The Balaban J connectivity index is 0.000000286. The molecule has 57 heavy (non-hydrogen) atoms. The van der Waals surface area contributed by atoms with Gasteiger partial charge in [0.2, 0.25) is 5.78 Å². The van der Waals surface area contributed by atoms with Crippen molar-refractivity contribution in [2.24, 2.45) is 17.6 Å². The van der Waals surface area contributed by atoms with E-state index >= 15 is 0 Å². The Bertz CT molecular complexity index is 1910. The number of Topliss-reactive ketones (excluding diaryl/α,β-unsaturated/α-hetero) is 2. The molecule has 1 aromatic heterocycles. The van der Waals surface area contributed by atoms with Crippen LogP contribution in [0.1, 0.15) is 60.3 Å². The van der Waals surface area contributed by atoms with Crippen molar-refractivity contribution in [1.29, 1.82) is 0 Å². The van der Waals surface area contributed by atoms with Crippen molar-refractivity contribution in [3.63, 3.8) is 0 Å². The predicted molar refractivity (Wildman–Crippen MR) is 197 cm³/mol. The Morgan fingerprint density at radius 2 is 1.67 bits per heavy atom. The number of phenols is 1. The van der Waals surface area contributed by atoms with Gasteiger partial charge < -0.3 is 66.7 Å². The summed E-state index contributed by atoms with van der Waals surface area (Å²) in [7, 11) is 3.01. The number of rotatable bonds is 11. The van der Waals surface area contributed by atoms with Crippen molar-refractivity contribution in [1.82, 2.24) is 9.88 Å². The molecule has 1 heterocycles. The van der Waals surface area contributed by atoms with E-state index in [1.54, 1.807) is 12.3 Å². The number of aromatic hydroxyl groups is 1. The number of benzene rings is 1. The van der Waals surface area contributed by atoms with E-state index in [0.717, 1.165) is 24.8 Å². The first-order chi connectivity index (χ1) is 26.5. The monoisotopic (exact) mass is 803 g/mol. The second-order valence-electron chi connectivity index (χ2n) is 14.3. The van der Waals surface area contributed by atoms with Crippen molar-refractivity contribution in [2.45, 2.75) is 81.2 Å². The lowest BCUT2D eigenvalue weighted by molar-refractivity contribution is -0.159. The number of aryl methyl sites for hydroxylation is 1. The van der Waals surface area contributed by atoms with E-state index in [1.165, 1.54) is 44.1 Å². The van der Waals surface area contributed by atoms with Gasteiger partial charge in [-0.3, -0.25) is 19.3 Å². The summed E-state index contributed by atoms with van der Waals surface area (Å²) < 4.78 is 0. The minimum Gasteiger partial charge on any atom is -0.508 e. The van der Waals surface area contributed by atoms with E-state index in [4.69, 9.17) is 36.4 Å². The molecule has 0 radical (unpaired) electrons. The fourth-order valence-electron chi connectivity index (χ4n) is 7.20. The third-order valence-electron chi connectivity index (χ3n) is 10.3. The molecule has 3 aliphatic carbocycles. The normalized spacial score (nSPS) is 26.0. The summed E-state index contributed by atoms with van der Waals surface area (Å²) >= 11 is 0. The number of likely N-dealkylation sites (N-methyl/N-ethyl adjacent to an activating group) is 1.